The molecule has 4 rings (SSSR count). The maximum atomic E-state index is 12.7. The predicted molar refractivity (Wildman–Crippen MR) is 147 cm³/mol. The molecule has 0 aliphatic carbocycles. The van der Waals surface area contributed by atoms with E-state index in [0.717, 1.165) is 6.08 Å². The zero-order chi connectivity index (χ0) is 32.1. The molecule has 0 bridgehead atoms. The molecule has 2 aliphatic heterocycles. The van der Waals surface area contributed by atoms with Gasteiger partial charge in [0.2, 0.25) is 0 Å². The van der Waals surface area contributed by atoms with E-state index in [-0.39, 0.29) is 30.3 Å². The van der Waals surface area contributed by atoms with Gasteiger partial charge in [0.25, 0.3) is 0 Å². The van der Waals surface area contributed by atoms with Gasteiger partial charge < -0.3 is 69.6 Å². The molecule has 2 fully saturated rings. The quantitative estimate of drug-likeness (QED) is 0.0873. The molecule has 15 heteroatoms. The molecule has 2 aliphatic rings. The van der Waals surface area contributed by atoms with E-state index >= 15 is 0 Å². The first-order chi connectivity index (χ1) is 20.8. The van der Waals surface area contributed by atoms with Gasteiger partial charge in [0.1, 0.15) is 36.6 Å². The lowest BCUT2D eigenvalue weighted by molar-refractivity contribution is -0.328. The summed E-state index contributed by atoms with van der Waals surface area (Å²) in [7, 11) is 0. The number of carbonyl (C=O) groups is 1. The number of carbonyl (C=O) groups excluding carboxylic acids is 1. The molecule has 0 unspecified atom stereocenters. The number of ether oxygens (including phenoxy) is 5. The molecule has 2 aromatic carbocycles. The van der Waals surface area contributed by atoms with Crippen molar-refractivity contribution < 1.29 is 74.4 Å². The predicted octanol–water partition coefficient (Wildman–Crippen LogP) is -1.02. The Morgan fingerprint density at radius 2 is 1.41 bits per heavy atom. The van der Waals surface area contributed by atoms with Crippen molar-refractivity contribution in [1.29, 1.82) is 0 Å². The third-order valence-electron chi connectivity index (χ3n) is 7.25. The van der Waals surface area contributed by atoms with Crippen LogP contribution in [0.3, 0.4) is 0 Å². The van der Waals surface area contributed by atoms with Crippen molar-refractivity contribution in [2.45, 2.75) is 74.8 Å². The summed E-state index contributed by atoms with van der Waals surface area (Å²) in [6, 6.07) is 8.00. The SMILES string of the molecule is C[C@H]1O[C@@H](OC[C@H]2O[C@@H](OCCc3ccc(O)c(O)c3)[C@H](O)[C@@H](O)[C@H]2OC(=O)/C=C/c2ccc(O)c(O)c2)[C@H](O)[C@H](O)[C@H]1O. The van der Waals surface area contributed by atoms with Gasteiger partial charge in [-0.15, -0.1) is 0 Å². The Kier molecular flexibility index (Phi) is 11.0. The second-order valence-electron chi connectivity index (χ2n) is 10.5. The normalized spacial score (nSPS) is 32.5. The Hall–Kier alpha value is -3.51. The summed E-state index contributed by atoms with van der Waals surface area (Å²) in [6.45, 7) is 0.890. The van der Waals surface area contributed by atoms with E-state index in [1.54, 1.807) is 6.07 Å². The largest absolute Gasteiger partial charge is 0.504 e. The van der Waals surface area contributed by atoms with Crippen LogP contribution in [0.15, 0.2) is 42.5 Å². The van der Waals surface area contributed by atoms with Crippen molar-refractivity contribution in [3.05, 3.63) is 53.6 Å². The molecular formula is C29H36O15. The van der Waals surface area contributed by atoms with Gasteiger partial charge in [-0.1, -0.05) is 12.1 Å². The molecule has 0 aromatic heterocycles. The average molecular weight is 625 g/mol. The number of phenolic OH excluding ortho intramolecular Hbond substituents is 4. The number of aromatic hydroxyl groups is 4. The number of rotatable bonds is 10. The Morgan fingerprint density at radius 1 is 0.773 bits per heavy atom. The van der Waals surface area contributed by atoms with Crippen LogP contribution in [0.2, 0.25) is 0 Å². The van der Waals surface area contributed by atoms with Gasteiger partial charge in [-0.25, -0.2) is 4.79 Å². The molecule has 15 nitrogen and oxygen atoms in total. The van der Waals surface area contributed by atoms with Crippen LogP contribution in [-0.4, -0.2) is 127 Å². The minimum absolute atomic E-state index is 0.0645. The van der Waals surface area contributed by atoms with Crippen molar-refractivity contribution in [2.75, 3.05) is 13.2 Å². The highest BCUT2D eigenvalue weighted by Crippen LogP contribution is 2.29. The Labute approximate surface area is 251 Å². The van der Waals surface area contributed by atoms with E-state index in [1.807, 2.05) is 0 Å². The van der Waals surface area contributed by atoms with E-state index in [9.17, 15) is 50.8 Å². The lowest BCUT2D eigenvalue weighted by Crippen LogP contribution is -2.62. The summed E-state index contributed by atoms with van der Waals surface area (Å²) in [5, 5.41) is 90.3. The molecule has 10 atom stereocenters. The number of aliphatic hydroxyl groups excluding tert-OH is 5. The summed E-state index contributed by atoms with van der Waals surface area (Å²) in [5.74, 6) is -2.37. The van der Waals surface area contributed by atoms with E-state index in [2.05, 4.69) is 0 Å². The molecule has 44 heavy (non-hydrogen) atoms. The Bertz CT molecular complexity index is 1300. The van der Waals surface area contributed by atoms with Crippen LogP contribution >= 0.6 is 0 Å². The zero-order valence-electron chi connectivity index (χ0n) is 23.5. The van der Waals surface area contributed by atoms with Gasteiger partial charge in [-0.05, 0) is 54.8 Å². The monoisotopic (exact) mass is 624 g/mol. The van der Waals surface area contributed by atoms with Crippen LogP contribution in [0.1, 0.15) is 18.1 Å². The van der Waals surface area contributed by atoms with Crippen LogP contribution in [-0.2, 0) is 34.9 Å². The van der Waals surface area contributed by atoms with Crippen molar-refractivity contribution in [3.63, 3.8) is 0 Å². The molecule has 242 valence electrons. The van der Waals surface area contributed by atoms with E-state index in [0.29, 0.717) is 11.1 Å². The third-order valence-corrected chi connectivity index (χ3v) is 7.25. The first-order valence-corrected chi connectivity index (χ1v) is 13.7. The molecule has 0 spiro atoms. The van der Waals surface area contributed by atoms with Crippen LogP contribution < -0.4 is 0 Å². The van der Waals surface area contributed by atoms with E-state index in [4.69, 9.17) is 23.7 Å². The summed E-state index contributed by atoms with van der Waals surface area (Å²) in [4.78, 5) is 12.7. The molecule has 2 aromatic rings. The summed E-state index contributed by atoms with van der Waals surface area (Å²) in [5.41, 5.74) is 0.927. The highest BCUT2D eigenvalue weighted by molar-refractivity contribution is 5.87. The Balaban J connectivity index is 1.45. The molecular weight excluding hydrogens is 588 g/mol. The number of benzene rings is 2. The summed E-state index contributed by atoms with van der Waals surface area (Å²) < 4.78 is 27.8. The zero-order valence-corrected chi connectivity index (χ0v) is 23.5. The van der Waals surface area contributed by atoms with Gasteiger partial charge in [-0.3, -0.25) is 0 Å². The Morgan fingerprint density at radius 3 is 2.09 bits per heavy atom. The fourth-order valence-electron chi connectivity index (χ4n) is 4.66. The van der Waals surface area contributed by atoms with Gasteiger partial charge in [0.05, 0.1) is 19.3 Å². The lowest BCUT2D eigenvalue weighted by Gasteiger charge is -2.43. The van der Waals surface area contributed by atoms with Gasteiger partial charge in [-0.2, -0.15) is 0 Å². The van der Waals surface area contributed by atoms with Gasteiger partial charge in [0.15, 0.2) is 41.7 Å². The van der Waals surface area contributed by atoms with E-state index in [1.165, 1.54) is 43.3 Å². The van der Waals surface area contributed by atoms with Gasteiger partial charge in [0, 0.05) is 6.08 Å². The van der Waals surface area contributed by atoms with Crippen LogP contribution in [0.5, 0.6) is 23.0 Å². The van der Waals surface area contributed by atoms with Crippen molar-refractivity contribution in [3.8, 4) is 23.0 Å². The van der Waals surface area contributed by atoms with E-state index < -0.39 is 79.7 Å². The van der Waals surface area contributed by atoms with Crippen LogP contribution in [0, 0.1) is 0 Å². The summed E-state index contributed by atoms with van der Waals surface area (Å²) in [6.07, 6.45) is -12.2. The molecule has 9 N–H and O–H groups in total. The number of hydrogen-bond acceptors (Lipinski definition) is 15. The smallest absolute Gasteiger partial charge is 0.331 e. The minimum Gasteiger partial charge on any atom is -0.504 e. The first-order valence-electron chi connectivity index (χ1n) is 13.7. The molecule has 2 saturated heterocycles. The molecule has 0 radical (unpaired) electrons. The van der Waals surface area contributed by atoms with Crippen molar-refractivity contribution in [1.82, 2.24) is 0 Å². The van der Waals surface area contributed by atoms with Crippen molar-refractivity contribution >= 4 is 12.0 Å². The second-order valence-corrected chi connectivity index (χ2v) is 10.5. The van der Waals surface area contributed by atoms with Crippen molar-refractivity contribution in [2.24, 2.45) is 0 Å². The van der Waals surface area contributed by atoms with Crippen LogP contribution in [0.25, 0.3) is 6.08 Å². The highest BCUT2D eigenvalue weighted by Gasteiger charge is 2.49. The van der Waals surface area contributed by atoms with Crippen LogP contribution in [0.4, 0.5) is 0 Å². The number of hydrogen-bond donors (Lipinski definition) is 9. The fourth-order valence-corrected chi connectivity index (χ4v) is 4.66. The minimum atomic E-state index is -1.75. The number of aliphatic hydroxyl groups is 5. The maximum absolute atomic E-state index is 12.7. The molecule has 2 heterocycles. The van der Waals surface area contributed by atoms with Gasteiger partial charge >= 0.3 is 5.97 Å². The topological polar surface area (TPSA) is 245 Å². The highest BCUT2D eigenvalue weighted by atomic mass is 16.7. The maximum Gasteiger partial charge on any atom is 0.331 e. The average Bonchev–Trinajstić information content (AvgIpc) is 2.99. The second kappa shape index (κ2) is 14.5. The third kappa shape index (κ3) is 7.95. The number of phenols is 4. The number of esters is 1. The lowest BCUT2D eigenvalue weighted by atomic mass is 9.98. The molecule has 0 amide bonds. The fraction of sp³-hybridized carbons (Fsp3) is 0.483. The summed E-state index contributed by atoms with van der Waals surface area (Å²) >= 11 is 0. The first kappa shape index (κ1) is 33.4. The molecule has 0 saturated carbocycles. The standard InChI is InChI=1S/C29H36O15/c1-13-22(35)23(36)25(38)29(42-13)41-12-20-27(44-21(34)7-4-14-2-5-16(30)18(32)10-14)24(37)26(39)28(43-20)40-9-8-15-3-6-17(31)19(33)11-15/h2-7,10-11,13,20,22-33,35-39H,8-9,12H2,1H3/b7-4+/t13-,20-,22+,23-,24-,25-,26-,27+,28-,29-/m1/s1.